The van der Waals surface area contributed by atoms with Gasteiger partial charge in [-0.2, -0.15) is 0 Å². The maximum atomic E-state index is 13.7. The number of ketones is 1. The van der Waals surface area contributed by atoms with Gasteiger partial charge in [0.25, 0.3) is 5.91 Å². The summed E-state index contributed by atoms with van der Waals surface area (Å²) >= 11 is 0. The molecule has 214 valence electrons. The molecule has 1 aliphatic carbocycles. The number of hydrogen-bond acceptors (Lipinski definition) is 5. The number of rotatable bonds is 15. The molecular weight excluding hydrogens is 488 g/mol. The number of Topliss-reactive ketones (excluding diaryl/α,β-unsaturated/α-hetero) is 1. The van der Waals surface area contributed by atoms with Crippen LogP contribution in [0.1, 0.15) is 114 Å². The summed E-state index contributed by atoms with van der Waals surface area (Å²) in [4.78, 5) is 46.2. The summed E-state index contributed by atoms with van der Waals surface area (Å²) < 4.78 is 0. The number of amides is 2. The topological polar surface area (TPSA) is 96.1 Å². The van der Waals surface area contributed by atoms with Crippen molar-refractivity contribution in [1.82, 2.24) is 9.80 Å². The standard InChI is InChI=1S/C32H48N4O3/c1-2-3-20-32(23-26-10-5-4-6-11-26)30(39)36(31(33)34-32)24-27-16-14-25(15-17-27)18-19-28(37)12-7-8-21-35-22-9-13-29(35)38/h14-17,26H,2-13,18-24H2,1H3,(H2,33,34). The molecule has 2 heterocycles. The van der Waals surface area contributed by atoms with Gasteiger partial charge in [0.1, 0.15) is 11.3 Å². The number of unbranched alkanes of at least 4 members (excludes halogenated alkanes) is 2. The quantitative estimate of drug-likeness (QED) is 0.298. The zero-order valence-corrected chi connectivity index (χ0v) is 24.0. The van der Waals surface area contributed by atoms with Crippen LogP contribution in [0.25, 0.3) is 0 Å². The van der Waals surface area contributed by atoms with Gasteiger partial charge in [-0.1, -0.05) is 76.1 Å². The Morgan fingerprint density at radius 3 is 2.44 bits per heavy atom. The third-order valence-electron chi connectivity index (χ3n) is 8.90. The lowest BCUT2D eigenvalue weighted by Gasteiger charge is -2.32. The minimum absolute atomic E-state index is 0.0720. The van der Waals surface area contributed by atoms with Crippen LogP contribution in [0, 0.1) is 5.92 Å². The van der Waals surface area contributed by atoms with Gasteiger partial charge in [0.2, 0.25) is 5.91 Å². The predicted octanol–water partition coefficient (Wildman–Crippen LogP) is 5.54. The minimum Gasteiger partial charge on any atom is -0.369 e. The second-order valence-corrected chi connectivity index (χ2v) is 12.0. The number of nitrogens with two attached hydrogens (primary N) is 1. The zero-order chi connectivity index (χ0) is 27.7. The molecule has 1 saturated heterocycles. The highest BCUT2D eigenvalue weighted by atomic mass is 16.2. The van der Waals surface area contributed by atoms with Crippen LogP contribution in [-0.4, -0.2) is 52.0 Å². The molecule has 7 heteroatoms. The van der Waals surface area contributed by atoms with Crippen LogP contribution in [-0.2, 0) is 27.3 Å². The summed E-state index contributed by atoms with van der Waals surface area (Å²) in [7, 11) is 0. The van der Waals surface area contributed by atoms with E-state index in [1.54, 1.807) is 4.90 Å². The van der Waals surface area contributed by atoms with Crippen molar-refractivity contribution in [2.24, 2.45) is 16.6 Å². The molecule has 2 amide bonds. The third-order valence-corrected chi connectivity index (χ3v) is 8.90. The predicted molar refractivity (Wildman–Crippen MR) is 155 cm³/mol. The van der Waals surface area contributed by atoms with Crippen LogP contribution in [0.4, 0.5) is 0 Å². The van der Waals surface area contributed by atoms with Gasteiger partial charge in [-0.25, -0.2) is 4.99 Å². The lowest BCUT2D eigenvalue weighted by Crippen LogP contribution is -2.45. The van der Waals surface area contributed by atoms with Gasteiger partial charge in [0.15, 0.2) is 5.96 Å². The van der Waals surface area contributed by atoms with Crippen molar-refractivity contribution in [3.63, 3.8) is 0 Å². The number of hydrogen-bond donors (Lipinski definition) is 1. The van der Waals surface area contributed by atoms with Crippen LogP contribution in [0.3, 0.4) is 0 Å². The van der Waals surface area contributed by atoms with Crippen molar-refractivity contribution < 1.29 is 14.4 Å². The Labute approximate surface area is 234 Å². The highest BCUT2D eigenvalue weighted by Gasteiger charge is 2.48. The van der Waals surface area contributed by atoms with Gasteiger partial charge in [-0.15, -0.1) is 0 Å². The van der Waals surface area contributed by atoms with Crippen LogP contribution in [0.5, 0.6) is 0 Å². The first kappa shape index (κ1) is 29.3. The summed E-state index contributed by atoms with van der Waals surface area (Å²) in [6, 6.07) is 8.20. The van der Waals surface area contributed by atoms with E-state index in [4.69, 9.17) is 10.7 Å². The molecule has 0 radical (unpaired) electrons. The minimum atomic E-state index is -0.688. The Morgan fingerprint density at radius 1 is 1.00 bits per heavy atom. The van der Waals surface area contributed by atoms with Gasteiger partial charge in [0.05, 0.1) is 6.54 Å². The summed E-state index contributed by atoms with van der Waals surface area (Å²) in [6.07, 6.45) is 15.0. The number of aliphatic imine (C=N–C) groups is 1. The second-order valence-electron chi connectivity index (χ2n) is 12.0. The van der Waals surface area contributed by atoms with Crippen molar-refractivity contribution in [1.29, 1.82) is 0 Å². The van der Waals surface area contributed by atoms with E-state index in [0.29, 0.717) is 37.7 Å². The summed E-state index contributed by atoms with van der Waals surface area (Å²) in [5, 5.41) is 0. The molecule has 0 aromatic heterocycles. The Bertz CT molecular complexity index is 1010. The average molecular weight is 537 g/mol. The van der Waals surface area contributed by atoms with Crippen molar-refractivity contribution in [3.8, 4) is 0 Å². The number of nitrogens with zero attached hydrogens (tertiary/aromatic N) is 3. The molecule has 0 spiro atoms. The van der Waals surface area contributed by atoms with Crippen LogP contribution >= 0.6 is 0 Å². The molecule has 4 rings (SSSR count). The van der Waals surface area contributed by atoms with E-state index in [-0.39, 0.29) is 17.6 Å². The van der Waals surface area contributed by atoms with E-state index in [1.807, 2.05) is 17.0 Å². The zero-order valence-electron chi connectivity index (χ0n) is 24.0. The van der Waals surface area contributed by atoms with Gasteiger partial charge in [-0.3, -0.25) is 19.3 Å². The summed E-state index contributed by atoms with van der Waals surface area (Å²) in [6.45, 7) is 4.24. The Hall–Kier alpha value is -2.70. The number of likely N-dealkylation sites (tertiary alicyclic amines) is 1. The normalized spacial score (nSPS) is 22.1. The molecule has 1 saturated carbocycles. The second kappa shape index (κ2) is 14.1. The Morgan fingerprint density at radius 2 is 1.74 bits per heavy atom. The maximum Gasteiger partial charge on any atom is 0.257 e. The van der Waals surface area contributed by atoms with E-state index in [0.717, 1.165) is 75.6 Å². The SMILES string of the molecule is CCCCC1(CC2CCCCC2)N=C(N)N(Cc2ccc(CCC(=O)CCCCN3CCCC3=O)cc2)C1=O. The monoisotopic (exact) mass is 536 g/mol. The molecule has 39 heavy (non-hydrogen) atoms. The lowest BCUT2D eigenvalue weighted by atomic mass is 9.77. The van der Waals surface area contributed by atoms with Crippen LogP contribution in [0.15, 0.2) is 29.3 Å². The highest BCUT2D eigenvalue weighted by molar-refractivity contribution is 6.06. The molecule has 1 unspecified atom stereocenters. The fraction of sp³-hybridized carbons (Fsp3) is 0.688. The van der Waals surface area contributed by atoms with E-state index < -0.39 is 5.54 Å². The fourth-order valence-corrected chi connectivity index (χ4v) is 6.54. The van der Waals surface area contributed by atoms with Gasteiger partial charge < -0.3 is 10.6 Å². The molecule has 1 aromatic carbocycles. The van der Waals surface area contributed by atoms with Crippen LogP contribution in [0.2, 0.25) is 0 Å². The smallest absolute Gasteiger partial charge is 0.257 e. The third kappa shape index (κ3) is 7.92. The number of aryl methyl sites for hydroxylation is 1. The van der Waals surface area contributed by atoms with Gasteiger partial charge >= 0.3 is 0 Å². The van der Waals surface area contributed by atoms with E-state index in [1.165, 1.54) is 32.1 Å². The van der Waals surface area contributed by atoms with Crippen molar-refractivity contribution in [2.75, 3.05) is 13.1 Å². The molecule has 7 nitrogen and oxygen atoms in total. The molecule has 2 N–H and O–H groups in total. The number of benzene rings is 1. The summed E-state index contributed by atoms with van der Waals surface area (Å²) in [5.74, 6) is 1.52. The first-order valence-corrected chi connectivity index (χ1v) is 15.4. The van der Waals surface area contributed by atoms with Crippen molar-refractivity contribution in [2.45, 2.75) is 122 Å². The largest absolute Gasteiger partial charge is 0.369 e. The number of guanidine groups is 1. The van der Waals surface area contributed by atoms with Crippen LogP contribution < -0.4 is 5.73 Å². The number of carbonyl (C=O) groups excluding carboxylic acids is 3. The lowest BCUT2D eigenvalue weighted by molar-refractivity contribution is -0.132. The molecular formula is C32H48N4O3. The molecule has 1 aromatic rings. The fourth-order valence-electron chi connectivity index (χ4n) is 6.54. The molecule has 0 bridgehead atoms. The van der Waals surface area contributed by atoms with Crippen molar-refractivity contribution >= 4 is 23.6 Å². The number of carbonyl (C=O) groups is 3. The summed E-state index contributed by atoms with van der Waals surface area (Å²) in [5.41, 5.74) is 7.83. The molecule has 3 aliphatic rings. The first-order valence-electron chi connectivity index (χ1n) is 15.4. The average Bonchev–Trinajstić information content (AvgIpc) is 3.45. The maximum absolute atomic E-state index is 13.7. The van der Waals surface area contributed by atoms with E-state index in [2.05, 4.69) is 19.1 Å². The van der Waals surface area contributed by atoms with Gasteiger partial charge in [-0.05, 0) is 55.6 Å². The molecule has 1 atom stereocenters. The van der Waals surface area contributed by atoms with E-state index >= 15 is 0 Å². The molecule has 2 aliphatic heterocycles. The Balaban J connectivity index is 1.24. The van der Waals surface area contributed by atoms with Gasteiger partial charge in [0, 0.05) is 32.4 Å². The first-order chi connectivity index (χ1) is 18.9. The highest BCUT2D eigenvalue weighted by Crippen LogP contribution is 2.39. The van der Waals surface area contributed by atoms with E-state index in [9.17, 15) is 14.4 Å². The van der Waals surface area contributed by atoms with Crippen molar-refractivity contribution in [3.05, 3.63) is 35.4 Å². The Kier molecular flexibility index (Phi) is 10.6. The molecule has 2 fully saturated rings.